The van der Waals surface area contributed by atoms with Gasteiger partial charge in [-0.3, -0.25) is 9.78 Å². The topological polar surface area (TPSA) is 103 Å². The van der Waals surface area contributed by atoms with E-state index in [4.69, 9.17) is 22.6 Å². The quantitative estimate of drug-likeness (QED) is 0.877. The van der Waals surface area contributed by atoms with E-state index < -0.39 is 11.5 Å². The Kier molecular flexibility index (Phi) is 4.38. The Balaban J connectivity index is 1.90. The van der Waals surface area contributed by atoms with Gasteiger partial charge < -0.3 is 15.7 Å². The fourth-order valence-corrected chi connectivity index (χ4v) is 3.48. The Labute approximate surface area is 150 Å². The fourth-order valence-electron chi connectivity index (χ4n) is 3.26. The molecule has 0 spiro atoms. The van der Waals surface area contributed by atoms with Crippen molar-refractivity contribution in [1.29, 1.82) is 5.26 Å². The summed E-state index contributed by atoms with van der Waals surface area (Å²) >= 11 is 6.13. The summed E-state index contributed by atoms with van der Waals surface area (Å²) < 4.78 is 0. The van der Waals surface area contributed by atoms with Gasteiger partial charge in [0.2, 0.25) is 0 Å². The molecule has 2 aromatic rings. The van der Waals surface area contributed by atoms with Crippen molar-refractivity contribution in [1.82, 2.24) is 4.98 Å². The number of benzene rings is 1. The molecule has 0 aliphatic carbocycles. The van der Waals surface area contributed by atoms with Crippen molar-refractivity contribution in [2.75, 3.05) is 11.4 Å². The number of amides is 1. The van der Waals surface area contributed by atoms with Gasteiger partial charge in [0.15, 0.2) is 0 Å². The average Bonchev–Trinajstić information content (AvgIpc) is 2.91. The zero-order valence-corrected chi connectivity index (χ0v) is 14.4. The van der Waals surface area contributed by atoms with E-state index >= 15 is 0 Å². The maximum Gasteiger partial charge on any atom is 0.267 e. The van der Waals surface area contributed by atoms with Crippen LogP contribution in [0.4, 0.5) is 5.69 Å². The number of aromatic nitrogens is 1. The first-order chi connectivity index (χ1) is 11.9. The first-order valence-corrected chi connectivity index (χ1v) is 8.19. The maximum absolute atomic E-state index is 11.2. The van der Waals surface area contributed by atoms with Crippen LogP contribution < -0.4 is 10.6 Å². The first kappa shape index (κ1) is 17.2. The van der Waals surface area contributed by atoms with Crippen molar-refractivity contribution in [2.45, 2.75) is 25.0 Å². The molecule has 128 valence electrons. The third kappa shape index (κ3) is 2.93. The van der Waals surface area contributed by atoms with Crippen LogP contribution in [-0.4, -0.2) is 28.6 Å². The molecular weight excluding hydrogens is 340 g/mol. The SMILES string of the molecule is C[C@@H]1N(c2ccc(C#N)c(Cl)c2)CC[C@@]1(O)c1ccc(C(N)=O)nc1. The molecule has 0 radical (unpaired) electrons. The number of rotatable bonds is 3. The van der Waals surface area contributed by atoms with Crippen molar-refractivity contribution < 1.29 is 9.90 Å². The molecule has 1 aliphatic heterocycles. The summed E-state index contributed by atoms with van der Waals surface area (Å²) in [4.78, 5) is 17.2. The molecule has 1 saturated heterocycles. The number of carbonyl (C=O) groups excluding carboxylic acids is 1. The molecule has 3 N–H and O–H groups in total. The monoisotopic (exact) mass is 356 g/mol. The van der Waals surface area contributed by atoms with Gasteiger partial charge in [0.05, 0.1) is 16.6 Å². The number of nitriles is 1. The van der Waals surface area contributed by atoms with E-state index in [-0.39, 0.29) is 11.7 Å². The highest BCUT2D eigenvalue weighted by atomic mass is 35.5. The lowest BCUT2D eigenvalue weighted by Crippen LogP contribution is -2.40. The van der Waals surface area contributed by atoms with Crippen LogP contribution in [0.5, 0.6) is 0 Å². The van der Waals surface area contributed by atoms with E-state index in [0.29, 0.717) is 29.1 Å². The molecule has 25 heavy (non-hydrogen) atoms. The molecule has 2 heterocycles. The Hall–Kier alpha value is -2.62. The number of hydrogen-bond donors (Lipinski definition) is 2. The fraction of sp³-hybridized carbons (Fsp3) is 0.278. The number of carbonyl (C=O) groups is 1. The summed E-state index contributed by atoms with van der Waals surface area (Å²) in [6.07, 6.45) is 2.00. The Morgan fingerprint density at radius 3 is 2.80 bits per heavy atom. The van der Waals surface area contributed by atoms with Gasteiger partial charge in [-0.15, -0.1) is 0 Å². The van der Waals surface area contributed by atoms with Gasteiger partial charge in [-0.1, -0.05) is 17.7 Å². The number of anilines is 1. The second-order valence-corrected chi connectivity index (χ2v) is 6.52. The van der Waals surface area contributed by atoms with Crippen LogP contribution in [-0.2, 0) is 5.60 Å². The summed E-state index contributed by atoms with van der Waals surface area (Å²) in [5.41, 5.74) is 6.15. The first-order valence-electron chi connectivity index (χ1n) is 7.82. The van der Waals surface area contributed by atoms with Crippen molar-refractivity contribution in [3.63, 3.8) is 0 Å². The highest BCUT2D eigenvalue weighted by molar-refractivity contribution is 6.32. The molecule has 1 aromatic carbocycles. The Bertz CT molecular complexity index is 862. The van der Waals surface area contributed by atoms with Gasteiger partial charge in [-0.05, 0) is 37.6 Å². The summed E-state index contributed by atoms with van der Waals surface area (Å²) in [7, 11) is 0. The summed E-state index contributed by atoms with van der Waals surface area (Å²) in [5.74, 6) is -0.605. The molecule has 0 saturated carbocycles. The van der Waals surface area contributed by atoms with E-state index in [1.165, 1.54) is 12.3 Å². The van der Waals surface area contributed by atoms with Crippen molar-refractivity contribution in [3.05, 3.63) is 58.4 Å². The third-order valence-electron chi connectivity index (χ3n) is 4.81. The maximum atomic E-state index is 11.2. The zero-order chi connectivity index (χ0) is 18.2. The smallest absolute Gasteiger partial charge is 0.267 e. The summed E-state index contributed by atoms with van der Waals surface area (Å²) in [5, 5.41) is 20.6. The molecule has 7 heteroatoms. The van der Waals surface area contributed by atoms with E-state index in [1.807, 2.05) is 24.0 Å². The molecule has 0 bridgehead atoms. The normalized spacial score (nSPS) is 22.6. The number of nitrogens with two attached hydrogens (primary N) is 1. The number of pyridine rings is 1. The summed E-state index contributed by atoms with van der Waals surface area (Å²) in [6.45, 7) is 2.54. The molecule has 0 unspecified atom stereocenters. The lowest BCUT2D eigenvalue weighted by molar-refractivity contribution is 0.0326. The minimum Gasteiger partial charge on any atom is -0.383 e. The Morgan fingerprint density at radius 1 is 1.48 bits per heavy atom. The molecule has 1 fully saturated rings. The van der Waals surface area contributed by atoms with Gasteiger partial charge >= 0.3 is 0 Å². The number of nitrogens with zero attached hydrogens (tertiary/aromatic N) is 3. The molecule has 1 aromatic heterocycles. The van der Waals surface area contributed by atoms with Crippen molar-refractivity contribution in [2.24, 2.45) is 5.73 Å². The van der Waals surface area contributed by atoms with Crippen molar-refractivity contribution in [3.8, 4) is 6.07 Å². The van der Waals surface area contributed by atoms with Crippen LogP contribution in [0.3, 0.4) is 0 Å². The van der Waals surface area contributed by atoms with Crippen molar-refractivity contribution >= 4 is 23.2 Å². The lowest BCUT2D eigenvalue weighted by atomic mass is 9.88. The van der Waals surface area contributed by atoms with E-state index in [9.17, 15) is 9.90 Å². The highest BCUT2D eigenvalue weighted by Crippen LogP contribution is 2.40. The highest BCUT2D eigenvalue weighted by Gasteiger charge is 2.45. The van der Waals surface area contributed by atoms with Gasteiger partial charge in [0.25, 0.3) is 5.91 Å². The second kappa shape index (κ2) is 6.36. The van der Waals surface area contributed by atoms with Crippen LogP contribution in [0.1, 0.15) is 35.0 Å². The van der Waals surface area contributed by atoms with Crippen LogP contribution >= 0.6 is 11.6 Å². The third-order valence-corrected chi connectivity index (χ3v) is 5.13. The van der Waals surface area contributed by atoms with Gasteiger partial charge in [0.1, 0.15) is 17.4 Å². The number of primary amides is 1. The van der Waals surface area contributed by atoms with Crippen LogP contribution in [0.15, 0.2) is 36.5 Å². The van der Waals surface area contributed by atoms with E-state index in [0.717, 1.165) is 5.69 Å². The lowest BCUT2D eigenvalue weighted by Gasteiger charge is -2.32. The zero-order valence-electron chi connectivity index (χ0n) is 13.6. The largest absolute Gasteiger partial charge is 0.383 e. The molecule has 6 nitrogen and oxygen atoms in total. The van der Waals surface area contributed by atoms with E-state index in [2.05, 4.69) is 4.98 Å². The minimum atomic E-state index is -1.11. The molecule has 1 amide bonds. The predicted molar refractivity (Wildman–Crippen MR) is 94.2 cm³/mol. The number of hydrogen-bond acceptors (Lipinski definition) is 5. The summed E-state index contributed by atoms with van der Waals surface area (Å²) in [6, 6.07) is 10.2. The minimum absolute atomic E-state index is 0.161. The van der Waals surface area contributed by atoms with E-state index in [1.54, 1.807) is 18.2 Å². The van der Waals surface area contributed by atoms with Crippen LogP contribution in [0.25, 0.3) is 0 Å². The molecule has 1 aliphatic rings. The average molecular weight is 357 g/mol. The number of aliphatic hydroxyl groups is 1. The Morgan fingerprint density at radius 2 is 2.24 bits per heavy atom. The standard InChI is InChI=1S/C18H17ClN4O2/c1-11-18(25,13-3-5-16(17(21)24)22-10-13)6-7-23(11)14-4-2-12(9-20)15(19)8-14/h2-5,8,10-11,25H,6-7H2,1H3,(H2,21,24)/t11-,18-/m0/s1. The van der Waals surface area contributed by atoms with Gasteiger partial charge in [-0.2, -0.15) is 5.26 Å². The molecule has 2 atom stereocenters. The molecule has 3 rings (SSSR count). The number of halogens is 1. The predicted octanol–water partition coefficient (Wildman–Crippen LogP) is 2.19. The van der Waals surface area contributed by atoms with Crippen LogP contribution in [0, 0.1) is 11.3 Å². The second-order valence-electron chi connectivity index (χ2n) is 6.12. The van der Waals surface area contributed by atoms with Gasteiger partial charge in [0, 0.05) is 24.0 Å². The van der Waals surface area contributed by atoms with Crippen LogP contribution in [0.2, 0.25) is 5.02 Å². The van der Waals surface area contributed by atoms with Gasteiger partial charge in [-0.25, -0.2) is 0 Å². The molecular formula is C18H17ClN4O2.